The molecule has 9 heteroatoms. The zero-order chi connectivity index (χ0) is 20.7. The number of amides is 2. The second kappa shape index (κ2) is 14.1. The summed E-state index contributed by atoms with van der Waals surface area (Å²) in [5, 5.41) is 5.15. The van der Waals surface area contributed by atoms with E-state index in [9.17, 15) is 14.4 Å². The van der Waals surface area contributed by atoms with Gasteiger partial charge in [0.05, 0.1) is 6.61 Å². The van der Waals surface area contributed by atoms with Gasteiger partial charge in [-0.05, 0) is 46.5 Å². The maximum absolute atomic E-state index is 12.3. The average molecular weight is 389 g/mol. The average Bonchev–Trinajstić information content (AvgIpc) is 2.57. The van der Waals surface area contributed by atoms with Crippen molar-refractivity contribution in [1.82, 2.24) is 10.6 Å². The SMILES string of the molecule is CCCCOC(=O)NC(CCCCNC(=O)OCCN)C(=O)OC(C)(C)C. The van der Waals surface area contributed by atoms with Crippen molar-refractivity contribution >= 4 is 18.2 Å². The number of ether oxygens (including phenoxy) is 3. The molecule has 9 nitrogen and oxygen atoms in total. The molecule has 0 bridgehead atoms. The summed E-state index contributed by atoms with van der Waals surface area (Å²) in [5.74, 6) is -0.509. The van der Waals surface area contributed by atoms with Crippen molar-refractivity contribution in [1.29, 1.82) is 0 Å². The number of carbonyl (C=O) groups excluding carboxylic acids is 3. The standard InChI is InChI=1S/C18H35N3O6/c1-5-6-12-25-17(24)21-14(15(22)27-18(2,3)4)9-7-8-11-20-16(23)26-13-10-19/h14H,5-13,19H2,1-4H3,(H,20,23)(H,21,24). The zero-order valence-electron chi connectivity index (χ0n) is 17.0. The van der Waals surface area contributed by atoms with E-state index in [2.05, 4.69) is 10.6 Å². The van der Waals surface area contributed by atoms with Crippen molar-refractivity contribution in [3.8, 4) is 0 Å². The number of hydrogen-bond donors (Lipinski definition) is 3. The predicted octanol–water partition coefficient (Wildman–Crippen LogP) is 2.08. The van der Waals surface area contributed by atoms with E-state index in [1.807, 2.05) is 6.92 Å². The molecule has 2 amide bonds. The molecule has 0 rings (SSSR count). The van der Waals surface area contributed by atoms with Crippen LogP contribution in [0.4, 0.5) is 9.59 Å². The van der Waals surface area contributed by atoms with Crippen LogP contribution >= 0.6 is 0 Å². The highest BCUT2D eigenvalue weighted by Crippen LogP contribution is 2.11. The number of hydrogen-bond acceptors (Lipinski definition) is 7. The predicted molar refractivity (Wildman–Crippen MR) is 101 cm³/mol. The topological polar surface area (TPSA) is 129 Å². The van der Waals surface area contributed by atoms with Crippen LogP contribution in [0.2, 0.25) is 0 Å². The van der Waals surface area contributed by atoms with Gasteiger partial charge in [0.15, 0.2) is 0 Å². The van der Waals surface area contributed by atoms with Crippen LogP contribution in [0.1, 0.15) is 59.8 Å². The van der Waals surface area contributed by atoms with E-state index in [1.54, 1.807) is 20.8 Å². The van der Waals surface area contributed by atoms with Crippen LogP contribution < -0.4 is 16.4 Å². The maximum atomic E-state index is 12.3. The first-order chi connectivity index (χ1) is 12.7. The highest BCUT2D eigenvalue weighted by Gasteiger charge is 2.26. The highest BCUT2D eigenvalue weighted by molar-refractivity contribution is 5.81. The number of carbonyl (C=O) groups is 3. The van der Waals surface area contributed by atoms with Crippen molar-refractivity contribution in [3.05, 3.63) is 0 Å². The van der Waals surface area contributed by atoms with Gasteiger partial charge < -0.3 is 30.6 Å². The molecule has 0 aliphatic heterocycles. The summed E-state index contributed by atoms with van der Waals surface area (Å²) in [6, 6.07) is -0.803. The summed E-state index contributed by atoms with van der Waals surface area (Å²) in [5.41, 5.74) is 4.59. The minimum Gasteiger partial charge on any atom is -0.458 e. The lowest BCUT2D eigenvalue weighted by molar-refractivity contribution is -0.157. The molecule has 158 valence electrons. The molecular weight excluding hydrogens is 354 g/mol. The molecule has 1 unspecified atom stereocenters. The van der Waals surface area contributed by atoms with Gasteiger partial charge in [0.25, 0.3) is 0 Å². The van der Waals surface area contributed by atoms with Gasteiger partial charge in [-0.3, -0.25) is 0 Å². The monoisotopic (exact) mass is 389 g/mol. The third kappa shape index (κ3) is 14.8. The Hall–Kier alpha value is -2.03. The summed E-state index contributed by atoms with van der Waals surface area (Å²) in [7, 11) is 0. The first kappa shape index (κ1) is 25.0. The van der Waals surface area contributed by atoms with Crippen molar-refractivity contribution < 1.29 is 28.6 Å². The van der Waals surface area contributed by atoms with Crippen LogP contribution in [0, 0.1) is 0 Å². The molecule has 0 aromatic heterocycles. The number of rotatable bonds is 12. The summed E-state index contributed by atoms with van der Waals surface area (Å²) >= 11 is 0. The normalized spacial score (nSPS) is 12.0. The molecular formula is C18H35N3O6. The van der Waals surface area contributed by atoms with Crippen LogP contribution in [0.25, 0.3) is 0 Å². The minimum absolute atomic E-state index is 0.163. The van der Waals surface area contributed by atoms with Crippen molar-refractivity contribution in [2.75, 3.05) is 26.3 Å². The van der Waals surface area contributed by atoms with Gasteiger partial charge in [-0.1, -0.05) is 13.3 Å². The molecule has 0 saturated heterocycles. The number of nitrogens with two attached hydrogens (primary N) is 1. The molecule has 0 aromatic rings. The Labute approximate surface area is 161 Å². The van der Waals surface area contributed by atoms with Crippen LogP contribution in [-0.2, 0) is 19.0 Å². The van der Waals surface area contributed by atoms with E-state index < -0.39 is 29.8 Å². The molecule has 0 aliphatic carbocycles. The van der Waals surface area contributed by atoms with Crippen LogP contribution in [0.5, 0.6) is 0 Å². The zero-order valence-corrected chi connectivity index (χ0v) is 17.0. The van der Waals surface area contributed by atoms with Gasteiger partial charge in [0.1, 0.15) is 18.2 Å². The molecule has 1 atom stereocenters. The fourth-order valence-corrected chi connectivity index (χ4v) is 1.98. The molecule has 0 heterocycles. The lowest BCUT2D eigenvalue weighted by atomic mass is 10.1. The third-order valence-electron chi connectivity index (χ3n) is 3.25. The van der Waals surface area contributed by atoms with Gasteiger partial charge >= 0.3 is 18.2 Å². The molecule has 0 radical (unpaired) electrons. The lowest BCUT2D eigenvalue weighted by Gasteiger charge is -2.24. The third-order valence-corrected chi connectivity index (χ3v) is 3.25. The summed E-state index contributed by atoms with van der Waals surface area (Å²) in [6.07, 6.45) is 2.08. The molecule has 0 spiro atoms. The van der Waals surface area contributed by atoms with Crippen LogP contribution in [0.15, 0.2) is 0 Å². The van der Waals surface area contributed by atoms with Crippen molar-refractivity contribution in [3.63, 3.8) is 0 Å². The Bertz CT molecular complexity index is 451. The number of nitrogens with one attached hydrogen (secondary N) is 2. The Morgan fingerprint density at radius 3 is 2.26 bits per heavy atom. The summed E-state index contributed by atoms with van der Waals surface area (Å²) < 4.78 is 15.2. The van der Waals surface area contributed by atoms with E-state index in [0.717, 1.165) is 12.8 Å². The molecule has 27 heavy (non-hydrogen) atoms. The van der Waals surface area contributed by atoms with Crippen molar-refractivity contribution in [2.24, 2.45) is 5.73 Å². The van der Waals surface area contributed by atoms with E-state index in [4.69, 9.17) is 19.9 Å². The fourth-order valence-electron chi connectivity index (χ4n) is 1.98. The number of unbranched alkanes of at least 4 members (excludes halogenated alkanes) is 2. The molecule has 4 N–H and O–H groups in total. The second-order valence-electron chi connectivity index (χ2n) is 7.07. The van der Waals surface area contributed by atoms with Crippen molar-refractivity contribution in [2.45, 2.75) is 71.4 Å². The van der Waals surface area contributed by atoms with E-state index in [0.29, 0.717) is 32.4 Å². The number of esters is 1. The van der Waals surface area contributed by atoms with E-state index in [-0.39, 0.29) is 13.2 Å². The van der Waals surface area contributed by atoms with Gasteiger partial charge in [-0.2, -0.15) is 0 Å². The van der Waals surface area contributed by atoms with Crippen LogP contribution in [0.3, 0.4) is 0 Å². The second-order valence-corrected chi connectivity index (χ2v) is 7.07. The molecule has 0 saturated carbocycles. The van der Waals surface area contributed by atoms with E-state index in [1.165, 1.54) is 0 Å². The van der Waals surface area contributed by atoms with Gasteiger partial charge in [0, 0.05) is 13.1 Å². The number of alkyl carbamates (subject to hydrolysis) is 2. The molecule has 0 fully saturated rings. The van der Waals surface area contributed by atoms with Gasteiger partial charge in [-0.25, -0.2) is 14.4 Å². The van der Waals surface area contributed by atoms with Crippen LogP contribution in [-0.4, -0.2) is 56.1 Å². The summed E-state index contributed by atoms with van der Waals surface area (Å²) in [4.78, 5) is 35.5. The quantitative estimate of drug-likeness (QED) is 0.265. The first-order valence-corrected chi connectivity index (χ1v) is 9.46. The van der Waals surface area contributed by atoms with Gasteiger partial charge in [-0.15, -0.1) is 0 Å². The largest absolute Gasteiger partial charge is 0.458 e. The minimum atomic E-state index is -0.803. The molecule has 0 aliphatic rings. The molecule has 0 aromatic carbocycles. The smallest absolute Gasteiger partial charge is 0.407 e. The highest BCUT2D eigenvalue weighted by atomic mass is 16.6. The van der Waals surface area contributed by atoms with Gasteiger partial charge in [0.2, 0.25) is 0 Å². The fraction of sp³-hybridized carbons (Fsp3) is 0.833. The Morgan fingerprint density at radius 2 is 1.67 bits per heavy atom. The Balaban J connectivity index is 4.39. The van der Waals surface area contributed by atoms with E-state index >= 15 is 0 Å². The maximum Gasteiger partial charge on any atom is 0.407 e. The summed E-state index contributed by atoms with van der Waals surface area (Å²) in [6.45, 7) is 8.41. The Kier molecular flexibility index (Phi) is 13.0. The Morgan fingerprint density at radius 1 is 1.00 bits per heavy atom. The lowest BCUT2D eigenvalue weighted by Crippen LogP contribution is -2.44. The first-order valence-electron chi connectivity index (χ1n) is 9.46.